The van der Waals surface area contributed by atoms with Crippen molar-refractivity contribution in [2.75, 3.05) is 52.1 Å². The van der Waals surface area contributed by atoms with E-state index in [1.807, 2.05) is 43.3 Å². The van der Waals surface area contributed by atoms with E-state index in [9.17, 15) is 4.79 Å². The lowest BCUT2D eigenvalue weighted by Gasteiger charge is -2.41. The van der Waals surface area contributed by atoms with E-state index in [4.69, 9.17) is 11.6 Å². The number of nitrogens with zero attached hydrogens (tertiary/aromatic N) is 3. The molecule has 1 saturated carbocycles. The third-order valence-electron chi connectivity index (χ3n) is 7.04. The van der Waals surface area contributed by atoms with E-state index in [2.05, 4.69) is 47.2 Å². The minimum Gasteiger partial charge on any atom is -0.376 e. The average Bonchev–Trinajstić information content (AvgIpc) is 3.59. The summed E-state index contributed by atoms with van der Waals surface area (Å²) in [6.07, 6.45) is 2.73. The first-order valence-corrected chi connectivity index (χ1v) is 12.9. The van der Waals surface area contributed by atoms with Crippen molar-refractivity contribution in [1.82, 2.24) is 14.7 Å². The van der Waals surface area contributed by atoms with E-state index < -0.39 is 0 Å². The third-order valence-corrected chi connectivity index (χ3v) is 7.41. The zero-order valence-corrected chi connectivity index (χ0v) is 21.9. The average molecular weight is 483 g/mol. The van der Waals surface area contributed by atoms with Crippen LogP contribution < -0.4 is 5.32 Å². The summed E-state index contributed by atoms with van der Waals surface area (Å²) in [5, 5.41) is 4.21. The highest BCUT2D eigenvalue weighted by Crippen LogP contribution is 2.39. The highest BCUT2D eigenvalue weighted by atomic mass is 35.5. The van der Waals surface area contributed by atoms with Crippen LogP contribution in [0, 0.1) is 5.92 Å². The van der Waals surface area contributed by atoms with Crippen LogP contribution in [-0.2, 0) is 23.3 Å². The number of fused-ring (bicyclic) bond motifs is 1. The van der Waals surface area contributed by atoms with Crippen molar-refractivity contribution in [3.63, 3.8) is 0 Å². The molecule has 2 aromatic rings. The fraction of sp³-hybridized carbons (Fsp3) is 0.536. The molecule has 6 heteroatoms. The van der Waals surface area contributed by atoms with Crippen LogP contribution in [0.4, 0.5) is 5.69 Å². The Hall–Kier alpha value is -2.08. The fourth-order valence-corrected chi connectivity index (χ4v) is 5.20. The number of hydrogen-bond donors (Lipinski definition) is 1. The van der Waals surface area contributed by atoms with Gasteiger partial charge in [-0.2, -0.15) is 0 Å². The van der Waals surface area contributed by atoms with E-state index in [1.54, 1.807) is 0 Å². The molecule has 1 aliphatic carbocycles. The molecule has 0 spiro atoms. The summed E-state index contributed by atoms with van der Waals surface area (Å²) in [6.45, 7) is 10.2. The first-order valence-electron chi connectivity index (χ1n) is 12.5. The molecule has 2 aliphatic rings. The third kappa shape index (κ3) is 6.32. The molecule has 0 aromatic heterocycles. The Balaban J connectivity index is 1.47. The highest BCUT2D eigenvalue weighted by molar-refractivity contribution is 6.31. The van der Waals surface area contributed by atoms with Gasteiger partial charge in [-0.05, 0) is 61.7 Å². The van der Waals surface area contributed by atoms with Gasteiger partial charge in [-0.15, -0.1) is 0 Å². The highest BCUT2D eigenvalue weighted by Gasteiger charge is 2.35. The lowest BCUT2D eigenvalue weighted by molar-refractivity contribution is -0.130. The van der Waals surface area contributed by atoms with Gasteiger partial charge in [0.2, 0.25) is 5.91 Å². The molecule has 0 saturated heterocycles. The summed E-state index contributed by atoms with van der Waals surface area (Å²) in [4.78, 5) is 20.0. The van der Waals surface area contributed by atoms with Gasteiger partial charge in [0.05, 0.1) is 6.54 Å². The predicted molar refractivity (Wildman–Crippen MR) is 141 cm³/mol. The minimum atomic E-state index is 0.0873. The predicted octanol–water partition coefficient (Wildman–Crippen LogP) is 4.85. The van der Waals surface area contributed by atoms with E-state index in [-0.39, 0.29) is 17.9 Å². The zero-order valence-electron chi connectivity index (χ0n) is 21.1. The van der Waals surface area contributed by atoms with Gasteiger partial charge in [-0.25, -0.2) is 0 Å². The maximum Gasteiger partial charge on any atom is 0.242 e. The molecule has 0 unspecified atom stereocenters. The van der Waals surface area contributed by atoms with Crippen molar-refractivity contribution in [2.45, 2.75) is 45.2 Å². The van der Waals surface area contributed by atoms with E-state index >= 15 is 0 Å². The van der Waals surface area contributed by atoms with Gasteiger partial charge in [-0.1, -0.05) is 55.8 Å². The topological polar surface area (TPSA) is 38.8 Å². The quantitative estimate of drug-likeness (QED) is 0.525. The van der Waals surface area contributed by atoms with Crippen LogP contribution in [-0.4, -0.2) is 67.4 Å². The van der Waals surface area contributed by atoms with Crippen LogP contribution >= 0.6 is 11.6 Å². The van der Waals surface area contributed by atoms with Crippen LogP contribution in [0.2, 0.25) is 5.02 Å². The summed E-state index contributed by atoms with van der Waals surface area (Å²) in [5.74, 6) is 0.957. The molecule has 184 valence electrons. The Morgan fingerprint density at radius 3 is 2.59 bits per heavy atom. The number of carbonyl (C=O) groups is 1. The fourth-order valence-electron chi connectivity index (χ4n) is 5.00. The number of benzene rings is 2. The van der Waals surface area contributed by atoms with E-state index in [0.717, 1.165) is 36.8 Å². The lowest BCUT2D eigenvalue weighted by Crippen LogP contribution is -2.43. The SMILES string of the molecule is CN(C)CCN(Cc1ccccc1Cl)C(=O)CNc1cccc2c1CN(CC1CC1)CC2(C)C. The van der Waals surface area contributed by atoms with Gasteiger partial charge in [0.25, 0.3) is 0 Å². The normalized spacial score (nSPS) is 17.5. The summed E-state index contributed by atoms with van der Waals surface area (Å²) in [7, 11) is 4.06. The number of amides is 1. The largest absolute Gasteiger partial charge is 0.376 e. The molecule has 4 rings (SSSR count). The van der Waals surface area contributed by atoms with Crippen LogP contribution in [0.1, 0.15) is 43.4 Å². The summed E-state index contributed by atoms with van der Waals surface area (Å²) >= 11 is 6.40. The van der Waals surface area contributed by atoms with Crippen molar-refractivity contribution in [2.24, 2.45) is 5.92 Å². The first kappa shape index (κ1) is 25.0. The van der Waals surface area contributed by atoms with E-state index in [1.165, 1.54) is 30.5 Å². The molecule has 0 bridgehead atoms. The van der Waals surface area contributed by atoms with Crippen molar-refractivity contribution < 1.29 is 4.79 Å². The molecule has 34 heavy (non-hydrogen) atoms. The lowest BCUT2D eigenvalue weighted by atomic mass is 9.77. The van der Waals surface area contributed by atoms with Gasteiger partial charge in [-0.3, -0.25) is 9.69 Å². The molecule has 1 N–H and O–H groups in total. The first-order chi connectivity index (χ1) is 16.2. The maximum absolute atomic E-state index is 13.3. The molecule has 0 radical (unpaired) electrons. The van der Waals surface area contributed by atoms with Gasteiger partial charge >= 0.3 is 0 Å². The van der Waals surface area contributed by atoms with E-state index in [0.29, 0.717) is 18.1 Å². The smallest absolute Gasteiger partial charge is 0.242 e. The Morgan fingerprint density at radius 2 is 1.88 bits per heavy atom. The second kappa shape index (κ2) is 10.7. The van der Waals surface area contributed by atoms with Gasteiger partial charge in [0.1, 0.15) is 0 Å². The summed E-state index contributed by atoms with van der Waals surface area (Å²) < 4.78 is 0. The number of carbonyl (C=O) groups excluding carboxylic acids is 1. The van der Waals surface area contributed by atoms with Crippen molar-refractivity contribution in [3.8, 4) is 0 Å². The van der Waals surface area contributed by atoms with Gasteiger partial charge in [0.15, 0.2) is 0 Å². The Kier molecular flexibility index (Phi) is 7.86. The number of nitrogens with one attached hydrogen (secondary N) is 1. The molecule has 1 aliphatic heterocycles. The van der Waals surface area contributed by atoms with Crippen LogP contribution in [0.25, 0.3) is 0 Å². The molecule has 1 amide bonds. The van der Waals surface area contributed by atoms with Crippen molar-refractivity contribution in [1.29, 1.82) is 0 Å². The number of halogens is 1. The monoisotopic (exact) mass is 482 g/mol. The second-order valence-corrected chi connectivity index (χ2v) is 11.3. The maximum atomic E-state index is 13.3. The molecule has 1 fully saturated rings. The number of anilines is 1. The summed E-state index contributed by atoms with van der Waals surface area (Å²) in [6, 6.07) is 14.3. The zero-order chi connectivity index (χ0) is 24.3. The van der Waals surface area contributed by atoms with Gasteiger partial charge in [0, 0.05) is 55.4 Å². The standard InChI is InChI=1S/C28H39ClN4O/c1-28(2)20-32(17-21-12-13-21)19-23-24(28)9-7-11-26(23)30-16-27(34)33(15-14-31(3)4)18-22-8-5-6-10-25(22)29/h5-11,21,30H,12-20H2,1-4H3. The summed E-state index contributed by atoms with van der Waals surface area (Å²) in [5.41, 5.74) is 4.91. The minimum absolute atomic E-state index is 0.0873. The van der Waals surface area contributed by atoms with Crippen molar-refractivity contribution >= 4 is 23.2 Å². The van der Waals surface area contributed by atoms with Crippen molar-refractivity contribution in [3.05, 3.63) is 64.2 Å². The Bertz CT molecular complexity index is 1000. The molecule has 2 aromatic carbocycles. The number of rotatable bonds is 10. The molecular weight excluding hydrogens is 444 g/mol. The molecular formula is C28H39ClN4O. The molecule has 5 nitrogen and oxygen atoms in total. The van der Waals surface area contributed by atoms with Crippen LogP contribution in [0.15, 0.2) is 42.5 Å². The van der Waals surface area contributed by atoms with Crippen LogP contribution in [0.5, 0.6) is 0 Å². The molecule has 0 atom stereocenters. The Labute approximate surface area is 210 Å². The van der Waals surface area contributed by atoms with Crippen LogP contribution in [0.3, 0.4) is 0 Å². The molecule has 1 heterocycles. The second-order valence-electron chi connectivity index (χ2n) is 10.9. The number of likely N-dealkylation sites (N-methyl/N-ethyl adjacent to an activating group) is 1. The Morgan fingerprint density at radius 1 is 1.12 bits per heavy atom. The number of hydrogen-bond acceptors (Lipinski definition) is 4. The van der Waals surface area contributed by atoms with Gasteiger partial charge < -0.3 is 15.1 Å².